The number of nitrogen functional groups attached to an aromatic ring is 1. The topological polar surface area (TPSA) is 78.3 Å². The first-order valence-corrected chi connectivity index (χ1v) is 3.38. The van der Waals surface area contributed by atoms with Crippen LogP contribution in [-0.2, 0) is 0 Å². The molecule has 0 radical (unpaired) electrons. The molecule has 0 aliphatic heterocycles. The predicted octanol–water partition coefficient (Wildman–Crippen LogP) is 0.798. The number of hydrogen-bond acceptors (Lipinski definition) is 3. The Morgan fingerprint density at radius 2 is 2.08 bits per heavy atom. The number of halogens is 1. The highest BCUT2D eigenvalue weighted by atomic mass is 35.5. The number of amides is 1. The van der Waals surface area contributed by atoms with Gasteiger partial charge in [-0.25, -0.2) is 0 Å². The number of methoxy groups -OCH3 is 1. The van der Waals surface area contributed by atoms with Gasteiger partial charge in [0.1, 0.15) is 5.75 Å². The van der Waals surface area contributed by atoms with Gasteiger partial charge in [0.25, 0.3) is 5.91 Å². The van der Waals surface area contributed by atoms with Gasteiger partial charge < -0.3 is 16.2 Å². The maximum Gasteiger partial charge on any atom is 0.250 e. The Hall–Kier alpha value is -1.42. The van der Waals surface area contributed by atoms with Crippen LogP contribution in [-0.4, -0.2) is 13.0 Å². The van der Waals surface area contributed by atoms with E-state index in [4.69, 9.17) is 16.2 Å². The van der Waals surface area contributed by atoms with E-state index in [-0.39, 0.29) is 18.0 Å². The molecular formula is C8H11ClN2O2. The summed E-state index contributed by atoms with van der Waals surface area (Å²) in [6.07, 6.45) is 0. The molecule has 0 spiro atoms. The van der Waals surface area contributed by atoms with Crippen molar-refractivity contribution < 1.29 is 9.53 Å². The number of carbonyl (C=O) groups excluding carboxylic acids is 1. The fraction of sp³-hybridized carbons (Fsp3) is 0.125. The van der Waals surface area contributed by atoms with Gasteiger partial charge in [-0.2, -0.15) is 0 Å². The van der Waals surface area contributed by atoms with Gasteiger partial charge in [0.15, 0.2) is 0 Å². The van der Waals surface area contributed by atoms with Crippen molar-refractivity contribution in [2.45, 2.75) is 0 Å². The zero-order chi connectivity index (χ0) is 9.14. The minimum absolute atomic E-state index is 0. The molecular weight excluding hydrogens is 192 g/mol. The third-order valence-electron chi connectivity index (χ3n) is 1.53. The third-order valence-corrected chi connectivity index (χ3v) is 1.53. The quantitative estimate of drug-likeness (QED) is 0.697. The van der Waals surface area contributed by atoms with Gasteiger partial charge in [-0.3, -0.25) is 4.79 Å². The number of carbonyl (C=O) groups is 1. The minimum Gasteiger partial charge on any atom is -0.497 e. The molecule has 1 amide bonds. The van der Waals surface area contributed by atoms with E-state index in [0.717, 1.165) is 0 Å². The van der Waals surface area contributed by atoms with E-state index in [1.165, 1.54) is 13.2 Å². The van der Waals surface area contributed by atoms with Crippen molar-refractivity contribution >= 4 is 24.0 Å². The van der Waals surface area contributed by atoms with Crippen LogP contribution in [0.3, 0.4) is 0 Å². The summed E-state index contributed by atoms with van der Waals surface area (Å²) in [5.74, 6) is 0.0180. The van der Waals surface area contributed by atoms with Crippen LogP contribution in [0.1, 0.15) is 10.4 Å². The van der Waals surface area contributed by atoms with Crippen LogP contribution in [0.5, 0.6) is 5.75 Å². The first kappa shape index (κ1) is 11.6. The molecule has 1 aromatic rings. The highest BCUT2D eigenvalue weighted by Crippen LogP contribution is 2.18. The van der Waals surface area contributed by atoms with E-state index in [2.05, 4.69) is 0 Å². The molecule has 0 heterocycles. The van der Waals surface area contributed by atoms with Crippen LogP contribution >= 0.6 is 12.4 Å². The second-order valence-electron chi connectivity index (χ2n) is 2.32. The van der Waals surface area contributed by atoms with Gasteiger partial charge in [-0.15, -0.1) is 12.4 Å². The fourth-order valence-corrected chi connectivity index (χ4v) is 0.876. The minimum atomic E-state index is -0.550. The van der Waals surface area contributed by atoms with Gasteiger partial charge in [0.2, 0.25) is 0 Å². The molecule has 0 aliphatic carbocycles. The summed E-state index contributed by atoms with van der Waals surface area (Å²) in [7, 11) is 1.51. The number of nitrogens with two attached hydrogens (primary N) is 2. The van der Waals surface area contributed by atoms with Crippen LogP contribution in [0.15, 0.2) is 18.2 Å². The average Bonchev–Trinajstić information content (AvgIpc) is 2.05. The van der Waals surface area contributed by atoms with E-state index in [9.17, 15) is 4.79 Å². The number of rotatable bonds is 2. The Morgan fingerprint density at radius 3 is 2.54 bits per heavy atom. The van der Waals surface area contributed by atoms with Gasteiger partial charge >= 0.3 is 0 Å². The summed E-state index contributed by atoms with van der Waals surface area (Å²) in [5, 5.41) is 0. The molecule has 4 N–H and O–H groups in total. The van der Waals surface area contributed by atoms with E-state index in [1.54, 1.807) is 12.1 Å². The first-order chi connectivity index (χ1) is 5.65. The first-order valence-electron chi connectivity index (χ1n) is 3.38. The lowest BCUT2D eigenvalue weighted by Crippen LogP contribution is -2.13. The molecule has 0 aromatic heterocycles. The van der Waals surface area contributed by atoms with Crippen molar-refractivity contribution in [3.63, 3.8) is 0 Å². The molecule has 0 fully saturated rings. The van der Waals surface area contributed by atoms with Crippen LogP contribution in [0.25, 0.3) is 0 Å². The summed E-state index contributed by atoms with van der Waals surface area (Å²) < 4.78 is 4.90. The number of benzene rings is 1. The molecule has 5 heteroatoms. The van der Waals surface area contributed by atoms with Gasteiger partial charge in [0, 0.05) is 5.69 Å². The summed E-state index contributed by atoms with van der Waals surface area (Å²) in [6, 6.07) is 4.76. The lowest BCUT2D eigenvalue weighted by atomic mass is 10.1. The van der Waals surface area contributed by atoms with E-state index in [0.29, 0.717) is 11.4 Å². The van der Waals surface area contributed by atoms with Crippen molar-refractivity contribution in [3.8, 4) is 5.75 Å². The van der Waals surface area contributed by atoms with Crippen molar-refractivity contribution in [2.75, 3.05) is 12.8 Å². The highest BCUT2D eigenvalue weighted by molar-refractivity contribution is 5.98. The summed E-state index contributed by atoms with van der Waals surface area (Å²) in [6.45, 7) is 0. The monoisotopic (exact) mass is 202 g/mol. The molecule has 72 valence electrons. The number of ether oxygens (including phenoxy) is 1. The SMILES string of the molecule is COc1ccc(N)c(C(N)=O)c1.Cl. The maximum absolute atomic E-state index is 10.8. The summed E-state index contributed by atoms with van der Waals surface area (Å²) in [4.78, 5) is 10.8. The zero-order valence-electron chi connectivity index (χ0n) is 7.11. The number of hydrogen-bond donors (Lipinski definition) is 2. The molecule has 0 bridgehead atoms. The van der Waals surface area contributed by atoms with Gasteiger partial charge in [0.05, 0.1) is 12.7 Å². The second-order valence-corrected chi connectivity index (χ2v) is 2.32. The van der Waals surface area contributed by atoms with E-state index >= 15 is 0 Å². The van der Waals surface area contributed by atoms with Crippen molar-refractivity contribution in [1.29, 1.82) is 0 Å². The summed E-state index contributed by atoms with van der Waals surface area (Å²) in [5.41, 5.74) is 11.2. The zero-order valence-corrected chi connectivity index (χ0v) is 7.93. The molecule has 0 aliphatic rings. The number of anilines is 1. The van der Waals surface area contributed by atoms with E-state index < -0.39 is 5.91 Å². The Balaban J connectivity index is 0.00000144. The van der Waals surface area contributed by atoms with Gasteiger partial charge in [-0.05, 0) is 18.2 Å². The number of primary amides is 1. The van der Waals surface area contributed by atoms with Crippen LogP contribution in [0, 0.1) is 0 Å². The molecule has 4 nitrogen and oxygen atoms in total. The molecule has 1 rings (SSSR count). The molecule has 0 unspecified atom stereocenters. The Morgan fingerprint density at radius 1 is 1.46 bits per heavy atom. The summed E-state index contributed by atoms with van der Waals surface area (Å²) >= 11 is 0. The van der Waals surface area contributed by atoms with Crippen LogP contribution in [0.2, 0.25) is 0 Å². The van der Waals surface area contributed by atoms with Crippen molar-refractivity contribution in [2.24, 2.45) is 5.73 Å². The van der Waals surface area contributed by atoms with Crippen LogP contribution in [0.4, 0.5) is 5.69 Å². The van der Waals surface area contributed by atoms with Gasteiger partial charge in [-0.1, -0.05) is 0 Å². The molecule has 0 atom stereocenters. The fourth-order valence-electron chi connectivity index (χ4n) is 0.876. The smallest absolute Gasteiger partial charge is 0.250 e. The molecule has 0 saturated heterocycles. The molecule has 0 saturated carbocycles. The second kappa shape index (κ2) is 4.57. The lowest BCUT2D eigenvalue weighted by Gasteiger charge is -2.03. The Bertz CT molecular complexity index is 315. The normalized spacial score (nSPS) is 8.69. The predicted molar refractivity (Wildman–Crippen MR) is 53.2 cm³/mol. The van der Waals surface area contributed by atoms with Crippen molar-refractivity contribution in [3.05, 3.63) is 23.8 Å². The highest BCUT2D eigenvalue weighted by Gasteiger charge is 2.05. The third kappa shape index (κ3) is 2.52. The molecule has 1 aromatic carbocycles. The Labute approximate surface area is 82.3 Å². The van der Waals surface area contributed by atoms with E-state index in [1.807, 2.05) is 0 Å². The largest absolute Gasteiger partial charge is 0.497 e. The molecule has 13 heavy (non-hydrogen) atoms. The van der Waals surface area contributed by atoms with Crippen molar-refractivity contribution in [1.82, 2.24) is 0 Å². The Kier molecular flexibility index (Phi) is 4.07. The standard InChI is InChI=1S/C8H10N2O2.ClH/c1-12-5-2-3-7(9)6(4-5)8(10)11;/h2-4H,9H2,1H3,(H2,10,11);1H. The lowest BCUT2D eigenvalue weighted by molar-refractivity contribution is 0.100. The van der Waals surface area contributed by atoms with Crippen LogP contribution < -0.4 is 16.2 Å². The maximum atomic E-state index is 10.8. The average molecular weight is 203 g/mol.